The fourth-order valence-electron chi connectivity index (χ4n) is 1.32. The zero-order valence-corrected chi connectivity index (χ0v) is 10.1. The van der Waals surface area contributed by atoms with Gasteiger partial charge in [-0.25, -0.2) is 0 Å². The summed E-state index contributed by atoms with van der Waals surface area (Å²) in [5, 5.41) is 5.68. The number of halogens is 4. The first-order valence-corrected chi connectivity index (χ1v) is 5.64. The Labute approximate surface area is 103 Å². The van der Waals surface area contributed by atoms with Crippen LogP contribution in [-0.2, 0) is 6.18 Å². The summed E-state index contributed by atoms with van der Waals surface area (Å²) >= 11 is 5.50. The monoisotopic (exact) mass is 266 g/mol. The van der Waals surface area contributed by atoms with Crippen LogP contribution in [0.4, 0.5) is 18.9 Å². The van der Waals surface area contributed by atoms with Gasteiger partial charge in [0.05, 0.1) is 10.6 Å². The first-order valence-electron chi connectivity index (χ1n) is 5.26. The number of nitrogens with one attached hydrogen (secondary N) is 2. The molecule has 1 aromatic rings. The van der Waals surface area contributed by atoms with Crippen LogP contribution < -0.4 is 10.6 Å². The molecule has 0 bridgehead atoms. The maximum absolute atomic E-state index is 12.5. The molecule has 0 aromatic heterocycles. The van der Waals surface area contributed by atoms with E-state index in [4.69, 9.17) is 11.6 Å². The van der Waals surface area contributed by atoms with E-state index in [0.717, 1.165) is 12.6 Å². The molecule has 0 fully saturated rings. The van der Waals surface area contributed by atoms with Crippen molar-refractivity contribution in [2.24, 2.45) is 0 Å². The van der Waals surface area contributed by atoms with E-state index in [1.54, 1.807) is 0 Å². The Morgan fingerprint density at radius 1 is 1.24 bits per heavy atom. The predicted molar refractivity (Wildman–Crippen MR) is 63.5 cm³/mol. The molecule has 1 aromatic carbocycles. The van der Waals surface area contributed by atoms with Gasteiger partial charge in [0.1, 0.15) is 0 Å². The fraction of sp³-hybridized carbons (Fsp3) is 0.455. The summed E-state index contributed by atoms with van der Waals surface area (Å²) < 4.78 is 37.6. The Hall–Kier alpha value is -0.940. The van der Waals surface area contributed by atoms with Crippen LogP contribution in [0.15, 0.2) is 18.2 Å². The van der Waals surface area contributed by atoms with Crippen LogP contribution in [0.1, 0.15) is 12.5 Å². The molecule has 0 aliphatic heterocycles. The van der Waals surface area contributed by atoms with E-state index < -0.39 is 11.7 Å². The third-order valence-electron chi connectivity index (χ3n) is 2.15. The summed E-state index contributed by atoms with van der Waals surface area (Å²) in [7, 11) is 0. The molecule has 0 amide bonds. The van der Waals surface area contributed by atoms with E-state index in [2.05, 4.69) is 10.6 Å². The molecule has 0 unspecified atom stereocenters. The molecule has 0 heterocycles. The van der Waals surface area contributed by atoms with Gasteiger partial charge in [0.25, 0.3) is 0 Å². The van der Waals surface area contributed by atoms with Gasteiger partial charge in [-0.3, -0.25) is 0 Å². The van der Waals surface area contributed by atoms with Gasteiger partial charge in [0.15, 0.2) is 0 Å². The SMILES string of the molecule is CCNCCNc1ccc(Cl)c(C(F)(F)F)c1. The maximum Gasteiger partial charge on any atom is 0.417 e. The lowest BCUT2D eigenvalue weighted by Crippen LogP contribution is -2.21. The molecular weight excluding hydrogens is 253 g/mol. The number of benzene rings is 1. The van der Waals surface area contributed by atoms with Crippen molar-refractivity contribution in [2.75, 3.05) is 25.0 Å². The normalized spacial score (nSPS) is 11.6. The summed E-state index contributed by atoms with van der Waals surface area (Å²) in [6, 6.07) is 3.80. The van der Waals surface area contributed by atoms with Crippen molar-refractivity contribution in [2.45, 2.75) is 13.1 Å². The molecule has 6 heteroatoms. The minimum atomic E-state index is -4.42. The predicted octanol–water partition coefficient (Wildman–Crippen LogP) is 3.38. The van der Waals surface area contributed by atoms with Gasteiger partial charge in [0.2, 0.25) is 0 Å². The van der Waals surface area contributed by atoms with Gasteiger partial charge in [-0.2, -0.15) is 13.2 Å². The van der Waals surface area contributed by atoms with Crippen molar-refractivity contribution >= 4 is 17.3 Å². The molecule has 0 aliphatic carbocycles. The number of alkyl halides is 3. The Kier molecular flexibility index (Phi) is 5.08. The number of hydrogen-bond donors (Lipinski definition) is 2. The standard InChI is InChI=1S/C11H14ClF3N2/c1-2-16-5-6-17-8-3-4-10(12)9(7-8)11(13,14)15/h3-4,7,16-17H,2,5-6H2,1H3. The lowest BCUT2D eigenvalue weighted by molar-refractivity contribution is -0.137. The number of likely N-dealkylation sites (N-methyl/N-ethyl adjacent to an activating group) is 1. The Morgan fingerprint density at radius 2 is 1.94 bits per heavy atom. The van der Waals surface area contributed by atoms with Crippen LogP contribution >= 0.6 is 11.6 Å². The van der Waals surface area contributed by atoms with Crippen molar-refractivity contribution in [3.05, 3.63) is 28.8 Å². The van der Waals surface area contributed by atoms with Gasteiger partial charge in [-0.05, 0) is 24.7 Å². The molecule has 1 rings (SSSR count). The van der Waals surface area contributed by atoms with Crippen molar-refractivity contribution in [3.63, 3.8) is 0 Å². The zero-order valence-electron chi connectivity index (χ0n) is 9.37. The van der Waals surface area contributed by atoms with E-state index in [1.165, 1.54) is 12.1 Å². The Morgan fingerprint density at radius 3 is 2.53 bits per heavy atom. The van der Waals surface area contributed by atoms with E-state index in [9.17, 15) is 13.2 Å². The molecule has 0 saturated carbocycles. The molecule has 0 atom stereocenters. The molecular formula is C11H14ClF3N2. The lowest BCUT2D eigenvalue weighted by Gasteiger charge is -2.12. The van der Waals surface area contributed by atoms with Crippen LogP contribution in [0.2, 0.25) is 5.02 Å². The fourth-order valence-corrected chi connectivity index (χ4v) is 1.55. The van der Waals surface area contributed by atoms with E-state index in [0.29, 0.717) is 18.8 Å². The summed E-state index contributed by atoms with van der Waals surface area (Å²) in [5.41, 5.74) is -0.396. The van der Waals surface area contributed by atoms with Crippen LogP contribution in [-0.4, -0.2) is 19.6 Å². The van der Waals surface area contributed by atoms with Gasteiger partial charge < -0.3 is 10.6 Å². The van der Waals surface area contributed by atoms with Crippen molar-refractivity contribution < 1.29 is 13.2 Å². The molecule has 0 aliphatic rings. The third-order valence-corrected chi connectivity index (χ3v) is 2.48. The highest BCUT2D eigenvalue weighted by atomic mass is 35.5. The Balaban J connectivity index is 2.69. The average molecular weight is 267 g/mol. The van der Waals surface area contributed by atoms with Gasteiger partial charge in [-0.15, -0.1) is 0 Å². The van der Waals surface area contributed by atoms with Gasteiger partial charge in [0, 0.05) is 18.8 Å². The number of anilines is 1. The molecule has 0 spiro atoms. The van der Waals surface area contributed by atoms with Crippen molar-refractivity contribution in [1.29, 1.82) is 0 Å². The molecule has 0 saturated heterocycles. The highest BCUT2D eigenvalue weighted by Crippen LogP contribution is 2.36. The summed E-state index contributed by atoms with van der Waals surface area (Å²) in [4.78, 5) is 0. The average Bonchev–Trinajstić information content (AvgIpc) is 2.25. The maximum atomic E-state index is 12.5. The minimum Gasteiger partial charge on any atom is -0.384 e. The third kappa shape index (κ3) is 4.44. The second-order valence-electron chi connectivity index (χ2n) is 3.47. The molecule has 2 nitrogen and oxygen atoms in total. The van der Waals surface area contributed by atoms with Gasteiger partial charge in [-0.1, -0.05) is 18.5 Å². The largest absolute Gasteiger partial charge is 0.417 e. The quantitative estimate of drug-likeness (QED) is 0.799. The number of hydrogen-bond acceptors (Lipinski definition) is 2. The number of rotatable bonds is 5. The second-order valence-corrected chi connectivity index (χ2v) is 3.88. The van der Waals surface area contributed by atoms with Crippen LogP contribution in [0.25, 0.3) is 0 Å². The van der Waals surface area contributed by atoms with Crippen molar-refractivity contribution in [3.8, 4) is 0 Å². The zero-order chi connectivity index (χ0) is 12.9. The summed E-state index contributed by atoms with van der Waals surface area (Å²) in [6.07, 6.45) is -4.42. The molecule has 96 valence electrons. The molecule has 17 heavy (non-hydrogen) atoms. The summed E-state index contributed by atoms with van der Waals surface area (Å²) in [6.45, 7) is 4.05. The van der Waals surface area contributed by atoms with E-state index in [1.807, 2.05) is 6.92 Å². The first kappa shape index (κ1) is 14.1. The van der Waals surface area contributed by atoms with Crippen LogP contribution in [0.3, 0.4) is 0 Å². The molecule has 2 N–H and O–H groups in total. The van der Waals surface area contributed by atoms with Crippen LogP contribution in [0, 0.1) is 0 Å². The smallest absolute Gasteiger partial charge is 0.384 e. The Bertz CT molecular complexity index is 366. The van der Waals surface area contributed by atoms with E-state index >= 15 is 0 Å². The van der Waals surface area contributed by atoms with Gasteiger partial charge >= 0.3 is 6.18 Å². The van der Waals surface area contributed by atoms with E-state index in [-0.39, 0.29) is 5.02 Å². The lowest BCUT2D eigenvalue weighted by atomic mass is 10.2. The molecule has 0 radical (unpaired) electrons. The second kappa shape index (κ2) is 6.12. The van der Waals surface area contributed by atoms with Crippen molar-refractivity contribution in [1.82, 2.24) is 5.32 Å². The highest BCUT2D eigenvalue weighted by Gasteiger charge is 2.33. The van der Waals surface area contributed by atoms with Crippen LogP contribution in [0.5, 0.6) is 0 Å². The summed E-state index contributed by atoms with van der Waals surface area (Å²) in [5.74, 6) is 0. The highest BCUT2D eigenvalue weighted by molar-refractivity contribution is 6.31. The topological polar surface area (TPSA) is 24.1 Å². The minimum absolute atomic E-state index is 0.283. The first-order chi connectivity index (χ1) is 7.95.